The molecule has 0 N–H and O–H groups in total. The van der Waals surface area contributed by atoms with Gasteiger partial charge in [0.25, 0.3) is 0 Å². The number of hydrogen-bond acceptors (Lipinski definition) is 1. The van der Waals surface area contributed by atoms with Crippen LogP contribution >= 0.6 is 23.2 Å². The van der Waals surface area contributed by atoms with Crippen molar-refractivity contribution in [2.75, 3.05) is 0 Å². The molecule has 0 amide bonds. The van der Waals surface area contributed by atoms with E-state index < -0.39 is 11.6 Å². The first-order chi connectivity index (χ1) is 8.11. The smallest absolute Gasteiger partial charge is 0.197 e. The van der Waals surface area contributed by atoms with Gasteiger partial charge in [-0.15, -0.1) is 0 Å². The first kappa shape index (κ1) is 12.1. The number of benzene rings is 2. The van der Waals surface area contributed by atoms with E-state index in [1.165, 1.54) is 12.1 Å². The van der Waals surface area contributed by atoms with E-state index in [-0.39, 0.29) is 15.6 Å². The minimum atomic E-state index is -0.784. The minimum absolute atomic E-state index is 0.0563. The molecule has 0 aliphatic heterocycles. The predicted molar refractivity (Wildman–Crippen MR) is 66.3 cm³/mol. The van der Waals surface area contributed by atoms with Crippen LogP contribution in [0.1, 0.15) is 15.9 Å². The van der Waals surface area contributed by atoms with Gasteiger partial charge in [0, 0.05) is 5.56 Å². The second kappa shape index (κ2) is 4.86. The number of hydrogen-bond donors (Lipinski definition) is 0. The van der Waals surface area contributed by atoms with Crippen molar-refractivity contribution in [1.82, 2.24) is 0 Å². The zero-order valence-corrected chi connectivity index (χ0v) is 10.1. The fraction of sp³-hybridized carbons (Fsp3) is 0. The van der Waals surface area contributed by atoms with E-state index in [1.807, 2.05) is 0 Å². The van der Waals surface area contributed by atoms with Gasteiger partial charge in [-0.25, -0.2) is 4.39 Å². The molecule has 0 heterocycles. The maximum Gasteiger partial charge on any atom is 0.197 e. The van der Waals surface area contributed by atoms with Crippen molar-refractivity contribution in [1.29, 1.82) is 0 Å². The quantitative estimate of drug-likeness (QED) is 0.584. The fourth-order valence-corrected chi connectivity index (χ4v) is 1.86. The second-order valence-corrected chi connectivity index (χ2v) is 4.23. The van der Waals surface area contributed by atoms with Crippen LogP contribution in [0, 0.1) is 5.82 Å². The van der Waals surface area contributed by atoms with Crippen LogP contribution in [0.3, 0.4) is 0 Å². The van der Waals surface area contributed by atoms with Gasteiger partial charge < -0.3 is 0 Å². The van der Waals surface area contributed by atoms with Crippen LogP contribution < -0.4 is 0 Å². The van der Waals surface area contributed by atoms with Crippen LogP contribution in [-0.4, -0.2) is 5.78 Å². The maximum absolute atomic E-state index is 13.8. The van der Waals surface area contributed by atoms with Gasteiger partial charge in [-0.1, -0.05) is 53.5 Å². The summed E-state index contributed by atoms with van der Waals surface area (Å²) in [5.74, 6) is -1.26. The Morgan fingerprint density at radius 3 is 2.18 bits per heavy atom. The van der Waals surface area contributed by atoms with Crippen molar-refractivity contribution >= 4 is 29.0 Å². The number of carbonyl (C=O) groups is 1. The predicted octanol–water partition coefficient (Wildman–Crippen LogP) is 4.36. The molecule has 0 radical (unpaired) electrons. The lowest BCUT2D eigenvalue weighted by atomic mass is 10.0. The third-order valence-electron chi connectivity index (χ3n) is 2.31. The first-order valence-electron chi connectivity index (χ1n) is 4.84. The highest BCUT2D eigenvalue weighted by Gasteiger charge is 2.19. The molecule has 2 rings (SSSR count). The zero-order valence-electron chi connectivity index (χ0n) is 8.58. The van der Waals surface area contributed by atoms with Crippen molar-refractivity contribution in [2.24, 2.45) is 0 Å². The summed E-state index contributed by atoms with van der Waals surface area (Å²) in [6.45, 7) is 0. The van der Waals surface area contributed by atoms with Crippen LogP contribution in [0.5, 0.6) is 0 Å². The Bertz CT molecular complexity index is 567. The molecular formula is C13H7Cl2FO. The zero-order chi connectivity index (χ0) is 12.4. The van der Waals surface area contributed by atoms with Gasteiger partial charge in [0.2, 0.25) is 0 Å². The van der Waals surface area contributed by atoms with Gasteiger partial charge >= 0.3 is 0 Å². The molecule has 0 aliphatic rings. The molecule has 0 spiro atoms. The molecule has 86 valence electrons. The first-order valence-corrected chi connectivity index (χ1v) is 5.60. The van der Waals surface area contributed by atoms with Crippen LogP contribution in [0.15, 0.2) is 42.5 Å². The fourth-order valence-electron chi connectivity index (χ4n) is 1.47. The molecule has 4 heteroatoms. The van der Waals surface area contributed by atoms with Crippen LogP contribution in [-0.2, 0) is 0 Å². The topological polar surface area (TPSA) is 17.1 Å². The Morgan fingerprint density at radius 1 is 0.941 bits per heavy atom. The Labute approximate surface area is 108 Å². The highest BCUT2D eigenvalue weighted by molar-refractivity contribution is 6.36. The van der Waals surface area contributed by atoms with E-state index >= 15 is 0 Å². The normalized spacial score (nSPS) is 10.3. The summed E-state index contributed by atoms with van der Waals surface area (Å²) >= 11 is 11.5. The van der Waals surface area contributed by atoms with E-state index in [1.54, 1.807) is 30.3 Å². The minimum Gasteiger partial charge on any atom is -0.288 e. The summed E-state index contributed by atoms with van der Waals surface area (Å²) in [5, 5.41) is -0.0607. The molecule has 0 bridgehead atoms. The average molecular weight is 269 g/mol. The molecule has 0 fully saturated rings. The molecule has 0 saturated heterocycles. The molecule has 0 aliphatic carbocycles. The van der Waals surface area contributed by atoms with Crippen molar-refractivity contribution in [2.45, 2.75) is 0 Å². The Kier molecular flexibility index (Phi) is 3.46. The van der Waals surface area contributed by atoms with Gasteiger partial charge in [0.15, 0.2) is 11.6 Å². The van der Waals surface area contributed by atoms with Gasteiger partial charge in [-0.3, -0.25) is 4.79 Å². The monoisotopic (exact) mass is 268 g/mol. The molecule has 2 aromatic rings. The molecule has 17 heavy (non-hydrogen) atoms. The SMILES string of the molecule is O=C(c1ccccc1)c1c(Cl)ccc(Cl)c1F. The largest absolute Gasteiger partial charge is 0.288 e. The summed E-state index contributed by atoms with van der Waals surface area (Å²) < 4.78 is 13.8. The van der Waals surface area contributed by atoms with Gasteiger partial charge in [0.1, 0.15) is 0 Å². The molecule has 0 unspecified atom stereocenters. The summed E-state index contributed by atoms with van der Waals surface area (Å²) in [6.07, 6.45) is 0. The van der Waals surface area contributed by atoms with Gasteiger partial charge in [-0.05, 0) is 12.1 Å². The molecule has 0 atom stereocenters. The summed E-state index contributed by atoms with van der Waals surface area (Å²) in [4.78, 5) is 12.1. The highest BCUT2D eigenvalue weighted by atomic mass is 35.5. The highest BCUT2D eigenvalue weighted by Crippen LogP contribution is 2.27. The van der Waals surface area contributed by atoms with Crippen molar-refractivity contribution in [3.8, 4) is 0 Å². The molecule has 2 aromatic carbocycles. The standard InChI is InChI=1S/C13H7Cl2FO/c14-9-6-7-10(15)12(16)11(9)13(17)8-4-2-1-3-5-8/h1-7H. The lowest BCUT2D eigenvalue weighted by Crippen LogP contribution is -2.05. The third-order valence-corrected chi connectivity index (χ3v) is 2.91. The summed E-state index contributed by atoms with van der Waals surface area (Å²) in [6, 6.07) is 11.1. The van der Waals surface area contributed by atoms with Gasteiger partial charge in [-0.2, -0.15) is 0 Å². The Balaban J connectivity index is 2.56. The Hall–Kier alpha value is -1.38. The third kappa shape index (κ3) is 2.33. The molecule has 0 saturated carbocycles. The summed E-state index contributed by atoms with van der Waals surface area (Å²) in [5.41, 5.74) is 0.181. The van der Waals surface area contributed by atoms with Crippen molar-refractivity contribution in [3.05, 3.63) is 69.5 Å². The summed E-state index contributed by atoms with van der Waals surface area (Å²) in [7, 11) is 0. The molecule has 1 nitrogen and oxygen atoms in total. The van der Waals surface area contributed by atoms with E-state index in [9.17, 15) is 9.18 Å². The number of carbonyl (C=O) groups excluding carboxylic acids is 1. The van der Waals surface area contributed by atoms with Crippen molar-refractivity contribution < 1.29 is 9.18 Å². The molecular weight excluding hydrogens is 262 g/mol. The number of halogens is 3. The van der Waals surface area contributed by atoms with E-state index in [0.717, 1.165) is 0 Å². The number of ketones is 1. The number of rotatable bonds is 2. The van der Waals surface area contributed by atoms with Crippen molar-refractivity contribution in [3.63, 3.8) is 0 Å². The maximum atomic E-state index is 13.8. The average Bonchev–Trinajstić information content (AvgIpc) is 2.35. The lowest BCUT2D eigenvalue weighted by molar-refractivity contribution is 0.103. The van der Waals surface area contributed by atoms with E-state index in [2.05, 4.69) is 0 Å². The second-order valence-electron chi connectivity index (χ2n) is 3.41. The lowest BCUT2D eigenvalue weighted by Gasteiger charge is -2.06. The van der Waals surface area contributed by atoms with E-state index in [0.29, 0.717) is 5.56 Å². The van der Waals surface area contributed by atoms with Crippen LogP contribution in [0.25, 0.3) is 0 Å². The Morgan fingerprint density at radius 2 is 1.53 bits per heavy atom. The van der Waals surface area contributed by atoms with E-state index in [4.69, 9.17) is 23.2 Å². The van der Waals surface area contributed by atoms with Gasteiger partial charge in [0.05, 0.1) is 15.6 Å². The van der Waals surface area contributed by atoms with Crippen LogP contribution in [0.2, 0.25) is 10.0 Å². The van der Waals surface area contributed by atoms with Crippen LogP contribution in [0.4, 0.5) is 4.39 Å². The molecule has 0 aromatic heterocycles.